The van der Waals surface area contributed by atoms with E-state index >= 15 is 0 Å². The summed E-state index contributed by atoms with van der Waals surface area (Å²) in [6.45, 7) is 1.41. The number of nitrogens with zero attached hydrogens (tertiary/aromatic N) is 1. The first-order chi connectivity index (χ1) is 9.40. The molecule has 1 saturated heterocycles. The van der Waals surface area contributed by atoms with E-state index in [-0.39, 0.29) is 13.0 Å². The van der Waals surface area contributed by atoms with E-state index in [1.54, 1.807) is 12.1 Å². The quantitative estimate of drug-likeness (QED) is 0.715. The summed E-state index contributed by atoms with van der Waals surface area (Å²) in [4.78, 5) is 23.9. The van der Waals surface area contributed by atoms with Crippen LogP contribution < -0.4 is 5.73 Å². The topological polar surface area (TPSA) is 104 Å². The minimum atomic E-state index is -1.19. The molecule has 0 aliphatic carbocycles. The van der Waals surface area contributed by atoms with Crippen LogP contribution in [0.5, 0.6) is 0 Å². The second-order valence-corrected chi connectivity index (χ2v) is 5.26. The van der Waals surface area contributed by atoms with E-state index in [1.165, 1.54) is 0 Å². The lowest BCUT2D eigenvalue weighted by molar-refractivity contribution is -0.142. The number of likely N-dealkylation sites (tertiary alicyclic amines) is 1. The second kappa shape index (κ2) is 5.60. The van der Waals surface area contributed by atoms with Crippen LogP contribution in [0.2, 0.25) is 0 Å². The van der Waals surface area contributed by atoms with Crippen LogP contribution in [0.4, 0.5) is 0 Å². The summed E-state index contributed by atoms with van der Waals surface area (Å²) in [5.74, 6) is -1.86. The van der Waals surface area contributed by atoms with Crippen molar-refractivity contribution in [3.63, 3.8) is 0 Å². The van der Waals surface area contributed by atoms with E-state index in [4.69, 9.17) is 15.9 Å². The first-order valence-electron chi connectivity index (χ1n) is 6.44. The van der Waals surface area contributed by atoms with Gasteiger partial charge in [-0.1, -0.05) is 24.3 Å². The first-order valence-corrected chi connectivity index (χ1v) is 6.44. The summed E-state index contributed by atoms with van der Waals surface area (Å²) in [6.07, 6.45) is 0.375. The molecule has 108 valence electrons. The Morgan fingerprint density at radius 1 is 1.25 bits per heavy atom. The maximum absolute atomic E-state index is 11.1. The fourth-order valence-electron chi connectivity index (χ4n) is 2.51. The van der Waals surface area contributed by atoms with Crippen LogP contribution in [-0.4, -0.2) is 45.7 Å². The molecule has 0 saturated carbocycles. The SMILES string of the molecule is NC1(C(=O)O)CCN(Cc2ccccc2CC(=O)O)C1. The molecule has 0 amide bonds. The van der Waals surface area contributed by atoms with Crippen LogP contribution in [0.1, 0.15) is 17.5 Å². The third kappa shape index (κ3) is 3.15. The molecule has 0 spiro atoms. The molecule has 1 heterocycles. The Kier molecular flexibility index (Phi) is 4.06. The lowest BCUT2D eigenvalue weighted by atomic mass is 10.0. The van der Waals surface area contributed by atoms with Crippen LogP contribution in [-0.2, 0) is 22.6 Å². The van der Waals surface area contributed by atoms with Gasteiger partial charge in [-0.25, -0.2) is 0 Å². The van der Waals surface area contributed by atoms with E-state index in [1.807, 2.05) is 17.0 Å². The van der Waals surface area contributed by atoms with Crippen molar-refractivity contribution in [2.45, 2.75) is 24.9 Å². The molecular formula is C14H18N2O4. The number of nitrogens with two attached hydrogens (primary N) is 1. The highest BCUT2D eigenvalue weighted by Crippen LogP contribution is 2.22. The maximum Gasteiger partial charge on any atom is 0.325 e. The van der Waals surface area contributed by atoms with E-state index in [0.29, 0.717) is 19.5 Å². The van der Waals surface area contributed by atoms with Gasteiger partial charge >= 0.3 is 11.9 Å². The Labute approximate surface area is 116 Å². The molecule has 0 bridgehead atoms. The lowest BCUT2D eigenvalue weighted by Crippen LogP contribution is -2.50. The highest BCUT2D eigenvalue weighted by atomic mass is 16.4. The smallest absolute Gasteiger partial charge is 0.325 e. The first kappa shape index (κ1) is 14.5. The van der Waals surface area contributed by atoms with Crippen molar-refractivity contribution in [1.82, 2.24) is 4.90 Å². The Bertz CT molecular complexity index is 532. The number of rotatable bonds is 5. The molecule has 0 radical (unpaired) electrons. The van der Waals surface area contributed by atoms with Gasteiger partial charge in [-0.3, -0.25) is 14.5 Å². The number of hydrogen-bond acceptors (Lipinski definition) is 4. The molecule has 4 N–H and O–H groups in total. The summed E-state index contributed by atoms with van der Waals surface area (Å²) in [5, 5.41) is 18.0. The zero-order valence-corrected chi connectivity index (χ0v) is 11.1. The minimum Gasteiger partial charge on any atom is -0.481 e. The largest absolute Gasteiger partial charge is 0.481 e. The molecule has 2 rings (SSSR count). The van der Waals surface area contributed by atoms with Crippen molar-refractivity contribution < 1.29 is 19.8 Å². The van der Waals surface area contributed by atoms with E-state index < -0.39 is 17.5 Å². The predicted molar refractivity (Wildman–Crippen MR) is 72.2 cm³/mol. The van der Waals surface area contributed by atoms with Gasteiger partial charge in [0.2, 0.25) is 0 Å². The van der Waals surface area contributed by atoms with Crippen LogP contribution in [0.3, 0.4) is 0 Å². The fraction of sp³-hybridized carbons (Fsp3) is 0.429. The Balaban J connectivity index is 2.08. The van der Waals surface area contributed by atoms with Gasteiger partial charge in [0.1, 0.15) is 5.54 Å². The van der Waals surface area contributed by atoms with Gasteiger partial charge in [0, 0.05) is 19.6 Å². The number of hydrogen-bond donors (Lipinski definition) is 3. The molecular weight excluding hydrogens is 260 g/mol. The van der Waals surface area contributed by atoms with Gasteiger partial charge in [0.05, 0.1) is 6.42 Å². The summed E-state index contributed by atoms with van der Waals surface area (Å²) in [5.41, 5.74) is 6.30. The molecule has 1 fully saturated rings. The van der Waals surface area contributed by atoms with E-state index in [0.717, 1.165) is 11.1 Å². The van der Waals surface area contributed by atoms with Crippen molar-refractivity contribution in [3.05, 3.63) is 35.4 Å². The van der Waals surface area contributed by atoms with Gasteiger partial charge in [-0.15, -0.1) is 0 Å². The summed E-state index contributed by atoms with van der Waals surface area (Å²) in [7, 11) is 0. The van der Waals surface area contributed by atoms with Gasteiger partial charge in [-0.05, 0) is 17.5 Å². The highest BCUT2D eigenvalue weighted by molar-refractivity contribution is 5.79. The minimum absolute atomic E-state index is 0.0310. The molecule has 6 heteroatoms. The van der Waals surface area contributed by atoms with Crippen molar-refractivity contribution in [2.24, 2.45) is 5.73 Å². The van der Waals surface area contributed by atoms with Gasteiger partial charge < -0.3 is 15.9 Å². The lowest BCUT2D eigenvalue weighted by Gasteiger charge is -2.21. The molecule has 1 aliphatic heterocycles. The van der Waals surface area contributed by atoms with Crippen LogP contribution in [0.25, 0.3) is 0 Å². The Morgan fingerprint density at radius 3 is 2.45 bits per heavy atom. The highest BCUT2D eigenvalue weighted by Gasteiger charge is 2.41. The predicted octanol–water partition coefficient (Wildman–Crippen LogP) is 0.301. The zero-order valence-electron chi connectivity index (χ0n) is 11.1. The molecule has 1 aliphatic rings. The third-order valence-corrected chi connectivity index (χ3v) is 3.66. The zero-order chi connectivity index (χ0) is 14.8. The van der Waals surface area contributed by atoms with E-state index in [2.05, 4.69) is 0 Å². The average molecular weight is 278 g/mol. The fourth-order valence-corrected chi connectivity index (χ4v) is 2.51. The molecule has 1 aromatic rings. The van der Waals surface area contributed by atoms with Crippen LogP contribution in [0, 0.1) is 0 Å². The van der Waals surface area contributed by atoms with Crippen molar-refractivity contribution >= 4 is 11.9 Å². The number of carboxylic acids is 2. The number of carbonyl (C=O) groups is 2. The average Bonchev–Trinajstić information content (AvgIpc) is 2.74. The summed E-state index contributed by atoms with van der Waals surface area (Å²) >= 11 is 0. The van der Waals surface area contributed by atoms with E-state index in [9.17, 15) is 9.59 Å². The van der Waals surface area contributed by atoms with Crippen molar-refractivity contribution in [2.75, 3.05) is 13.1 Å². The molecule has 0 aromatic heterocycles. The normalized spacial score (nSPS) is 22.9. The number of aliphatic carboxylic acids is 2. The standard InChI is InChI=1S/C14H18N2O4/c15-14(13(19)20)5-6-16(9-14)8-11-4-2-1-3-10(11)7-12(17)18/h1-4H,5-9,15H2,(H,17,18)(H,19,20). The van der Waals surface area contributed by atoms with Crippen molar-refractivity contribution in [1.29, 1.82) is 0 Å². The van der Waals surface area contributed by atoms with Crippen LogP contribution >= 0.6 is 0 Å². The van der Waals surface area contributed by atoms with Crippen molar-refractivity contribution in [3.8, 4) is 0 Å². The molecule has 20 heavy (non-hydrogen) atoms. The second-order valence-electron chi connectivity index (χ2n) is 5.26. The summed E-state index contributed by atoms with van der Waals surface area (Å²) < 4.78 is 0. The summed E-state index contributed by atoms with van der Waals surface area (Å²) in [6, 6.07) is 7.31. The van der Waals surface area contributed by atoms with Gasteiger partial charge in [-0.2, -0.15) is 0 Å². The molecule has 1 unspecified atom stereocenters. The molecule has 1 atom stereocenters. The maximum atomic E-state index is 11.1. The Morgan fingerprint density at radius 2 is 1.90 bits per heavy atom. The monoisotopic (exact) mass is 278 g/mol. The van der Waals surface area contributed by atoms with Gasteiger partial charge in [0.25, 0.3) is 0 Å². The number of benzene rings is 1. The third-order valence-electron chi connectivity index (χ3n) is 3.66. The molecule has 6 nitrogen and oxygen atoms in total. The van der Waals surface area contributed by atoms with Crippen LogP contribution in [0.15, 0.2) is 24.3 Å². The Hall–Kier alpha value is -1.92. The number of carboxylic acid groups (broad SMARTS) is 2. The van der Waals surface area contributed by atoms with Gasteiger partial charge in [0.15, 0.2) is 0 Å². The molecule has 1 aromatic carbocycles.